The molecule has 124 valence electrons. The Bertz CT molecular complexity index is 815. The fourth-order valence-corrected chi connectivity index (χ4v) is 2.22. The van der Waals surface area contributed by atoms with Gasteiger partial charge in [0.05, 0.1) is 10.5 Å². The Labute approximate surface area is 149 Å². The average molecular weight is 415 g/mol. The topological polar surface area (TPSA) is 111 Å². The van der Waals surface area contributed by atoms with E-state index in [0.29, 0.717) is 4.47 Å². The van der Waals surface area contributed by atoms with Gasteiger partial charge in [0.2, 0.25) is 0 Å². The van der Waals surface area contributed by atoms with Gasteiger partial charge in [-0.05, 0) is 34.1 Å². The van der Waals surface area contributed by atoms with E-state index in [1.807, 2.05) is 0 Å². The molecule has 10 heteroatoms. The number of ether oxygens (including phenoxy) is 1. The van der Waals surface area contributed by atoms with Crippen LogP contribution >= 0.6 is 27.5 Å². The molecule has 0 fully saturated rings. The first-order chi connectivity index (χ1) is 11.4. The van der Waals surface area contributed by atoms with Crippen LogP contribution in [-0.4, -0.2) is 28.4 Å². The lowest BCUT2D eigenvalue weighted by Gasteiger charge is -2.07. The highest BCUT2D eigenvalue weighted by molar-refractivity contribution is 9.10. The number of pyridine rings is 1. The second-order valence-electron chi connectivity index (χ2n) is 4.43. The summed E-state index contributed by atoms with van der Waals surface area (Å²) in [4.78, 5) is 37.7. The number of rotatable bonds is 5. The van der Waals surface area contributed by atoms with Gasteiger partial charge in [-0.25, -0.2) is 4.79 Å². The van der Waals surface area contributed by atoms with Crippen LogP contribution < -0.4 is 5.32 Å². The minimum absolute atomic E-state index is 0.0467. The Hall–Kier alpha value is -2.52. The molecule has 0 aliphatic heterocycles. The van der Waals surface area contributed by atoms with Gasteiger partial charge in [0.1, 0.15) is 5.69 Å². The number of benzene rings is 1. The number of hydrogen-bond donors (Lipinski definition) is 1. The number of esters is 1. The molecule has 1 amide bonds. The third kappa shape index (κ3) is 4.74. The van der Waals surface area contributed by atoms with E-state index in [1.165, 1.54) is 30.6 Å². The molecule has 2 aromatic rings. The number of anilines is 1. The van der Waals surface area contributed by atoms with E-state index >= 15 is 0 Å². The third-order valence-corrected chi connectivity index (χ3v) is 3.37. The summed E-state index contributed by atoms with van der Waals surface area (Å²) in [5, 5.41) is 13.4. The van der Waals surface area contributed by atoms with E-state index in [1.54, 1.807) is 0 Å². The number of aromatic nitrogens is 1. The second kappa shape index (κ2) is 7.84. The van der Waals surface area contributed by atoms with Crippen molar-refractivity contribution in [2.75, 3.05) is 11.9 Å². The van der Waals surface area contributed by atoms with Crippen molar-refractivity contribution in [1.29, 1.82) is 0 Å². The molecular formula is C14H9BrClN3O5. The lowest BCUT2D eigenvalue weighted by molar-refractivity contribution is -0.383. The number of hydrogen-bond acceptors (Lipinski definition) is 6. The SMILES string of the molecule is O=C(COC(=O)c1cncc(Br)c1)Nc1ccc(Cl)cc1[N+](=O)[O-]. The molecule has 0 radical (unpaired) electrons. The maximum absolute atomic E-state index is 11.8. The van der Waals surface area contributed by atoms with Crippen LogP contribution in [0.15, 0.2) is 41.1 Å². The van der Waals surface area contributed by atoms with E-state index in [9.17, 15) is 19.7 Å². The van der Waals surface area contributed by atoms with Crippen molar-refractivity contribution < 1.29 is 19.2 Å². The summed E-state index contributed by atoms with van der Waals surface area (Å²) in [6.07, 6.45) is 2.78. The normalized spacial score (nSPS) is 10.1. The van der Waals surface area contributed by atoms with Crippen molar-refractivity contribution in [3.63, 3.8) is 0 Å². The summed E-state index contributed by atoms with van der Waals surface area (Å²) in [5.74, 6) is -1.47. The van der Waals surface area contributed by atoms with E-state index < -0.39 is 23.4 Å². The summed E-state index contributed by atoms with van der Waals surface area (Å²) in [5.41, 5.74) is -0.248. The minimum atomic E-state index is -0.746. The molecule has 0 aliphatic carbocycles. The molecule has 1 aromatic carbocycles. The molecule has 1 heterocycles. The Morgan fingerprint density at radius 3 is 2.75 bits per heavy atom. The Morgan fingerprint density at radius 2 is 2.08 bits per heavy atom. The van der Waals surface area contributed by atoms with E-state index in [-0.39, 0.29) is 22.0 Å². The smallest absolute Gasteiger partial charge is 0.340 e. The van der Waals surface area contributed by atoms with Crippen LogP contribution in [0.4, 0.5) is 11.4 Å². The predicted molar refractivity (Wildman–Crippen MR) is 89.0 cm³/mol. The summed E-state index contributed by atoms with van der Waals surface area (Å²) < 4.78 is 5.42. The van der Waals surface area contributed by atoms with E-state index in [0.717, 1.165) is 6.07 Å². The molecule has 0 spiro atoms. The van der Waals surface area contributed by atoms with Crippen molar-refractivity contribution in [1.82, 2.24) is 4.98 Å². The molecule has 0 unspecified atom stereocenters. The number of amides is 1. The fraction of sp³-hybridized carbons (Fsp3) is 0.0714. The Kier molecular flexibility index (Phi) is 5.83. The zero-order chi connectivity index (χ0) is 17.7. The predicted octanol–water partition coefficient (Wildman–Crippen LogP) is 3.20. The highest BCUT2D eigenvalue weighted by Gasteiger charge is 2.17. The van der Waals surface area contributed by atoms with Gasteiger partial charge in [-0.15, -0.1) is 0 Å². The Morgan fingerprint density at radius 1 is 1.33 bits per heavy atom. The number of carbonyl (C=O) groups excluding carboxylic acids is 2. The molecule has 0 saturated heterocycles. The highest BCUT2D eigenvalue weighted by Crippen LogP contribution is 2.27. The van der Waals surface area contributed by atoms with Gasteiger partial charge >= 0.3 is 5.97 Å². The van der Waals surface area contributed by atoms with E-state index in [4.69, 9.17) is 16.3 Å². The van der Waals surface area contributed by atoms with Crippen LogP contribution in [0.5, 0.6) is 0 Å². The number of nitrogens with one attached hydrogen (secondary N) is 1. The van der Waals surface area contributed by atoms with Crippen LogP contribution in [-0.2, 0) is 9.53 Å². The van der Waals surface area contributed by atoms with Crippen LogP contribution in [0.3, 0.4) is 0 Å². The number of nitrogens with zero attached hydrogens (tertiary/aromatic N) is 2. The van der Waals surface area contributed by atoms with Crippen LogP contribution in [0.1, 0.15) is 10.4 Å². The van der Waals surface area contributed by atoms with Crippen molar-refractivity contribution in [2.45, 2.75) is 0 Å². The van der Waals surface area contributed by atoms with Gasteiger partial charge in [-0.3, -0.25) is 19.9 Å². The molecule has 1 aromatic heterocycles. The van der Waals surface area contributed by atoms with Gasteiger partial charge in [0.25, 0.3) is 11.6 Å². The van der Waals surface area contributed by atoms with Crippen LogP contribution in [0.2, 0.25) is 5.02 Å². The molecule has 0 bridgehead atoms. The van der Waals surface area contributed by atoms with Gasteiger partial charge in [-0.1, -0.05) is 11.6 Å². The fourth-order valence-electron chi connectivity index (χ4n) is 1.69. The average Bonchev–Trinajstić information content (AvgIpc) is 2.54. The zero-order valence-corrected chi connectivity index (χ0v) is 14.2. The van der Waals surface area contributed by atoms with Gasteiger partial charge in [0.15, 0.2) is 6.61 Å². The lowest BCUT2D eigenvalue weighted by atomic mass is 10.2. The number of nitro groups is 1. The molecule has 8 nitrogen and oxygen atoms in total. The van der Waals surface area contributed by atoms with Gasteiger partial charge < -0.3 is 10.1 Å². The van der Waals surface area contributed by atoms with Crippen LogP contribution in [0.25, 0.3) is 0 Å². The summed E-state index contributed by atoms with van der Waals surface area (Å²) in [7, 11) is 0. The van der Waals surface area contributed by atoms with Crippen molar-refractivity contribution in [2.24, 2.45) is 0 Å². The third-order valence-electron chi connectivity index (χ3n) is 2.71. The lowest BCUT2D eigenvalue weighted by Crippen LogP contribution is -2.21. The van der Waals surface area contributed by atoms with Gasteiger partial charge in [0, 0.05) is 28.0 Å². The standard InChI is InChI=1S/C14H9BrClN3O5/c15-9-3-8(5-17-6-9)14(21)24-7-13(20)18-11-2-1-10(16)4-12(11)19(22)23/h1-6H,7H2,(H,18,20). The largest absolute Gasteiger partial charge is 0.452 e. The molecule has 0 aliphatic rings. The van der Waals surface area contributed by atoms with Crippen molar-refractivity contribution in [3.8, 4) is 0 Å². The first-order valence-electron chi connectivity index (χ1n) is 6.38. The minimum Gasteiger partial charge on any atom is -0.452 e. The summed E-state index contributed by atoms with van der Waals surface area (Å²) >= 11 is 8.84. The van der Waals surface area contributed by atoms with Crippen molar-refractivity contribution in [3.05, 3.63) is 61.8 Å². The molecule has 2 rings (SSSR count). The Balaban J connectivity index is 1.99. The molecule has 24 heavy (non-hydrogen) atoms. The first-order valence-corrected chi connectivity index (χ1v) is 7.55. The quantitative estimate of drug-likeness (QED) is 0.457. The monoisotopic (exact) mass is 413 g/mol. The first kappa shape index (κ1) is 17.8. The number of nitro benzene ring substituents is 1. The molecule has 1 N–H and O–H groups in total. The van der Waals surface area contributed by atoms with Gasteiger partial charge in [-0.2, -0.15) is 0 Å². The summed E-state index contributed by atoms with van der Waals surface area (Å²) in [6, 6.07) is 5.27. The maximum atomic E-state index is 11.8. The second-order valence-corrected chi connectivity index (χ2v) is 5.79. The summed E-state index contributed by atoms with van der Waals surface area (Å²) in [6.45, 7) is -0.606. The molecule has 0 saturated carbocycles. The highest BCUT2D eigenvalue weighted by atomic mass is 79.9. The van der Waals surface area contributed by atoms with Crippen LogP contribution in [0, 0.1) is 10.1 Å². The zero-order valence-electron chi connectivity index (χ0n) is 11.9. The molecule has 0 atom stereocenters. The number of halogens is 2. The van der Waals surface area contributed by atoms with E-state index in [2.05, 4.69) is 26.2 Å². The molecular weight excluding hydrogens is 406 g/mol. The number of carbonyl (C=O) groups is 2. The van der Waals surface area contributed by atoms with Crippen molar-refractivity contribution >= 4 is 50.8 Å². The maximum Gasteiger partial charge on any atom is 0.340 e.